The Morgan fingerprint density at radius 1 is 1.44 bits per heavy atom. The van der Waals surface area contributed by atoms with Crippen molar-refractivity contribution >= 4 is 15.9 Å². The Morgan fingerprint density at radius 2 is 2.33 bits per heavy atom. The Morgan fingerprint density at radius 3 is 2.67 bits per heavy atom. The van der Waals surface area contributed by atoms with Crippen LogP contribution in [0.5, 0.6) is 0 Å². The van der Waals surface area contributed by atoms with E-state index in [0.717, 1.165) is 5.92 Å². The maximum absolute atomic E-state index is 3.71. The average Bonchev–Trinajstić information content (AvgIpc) is 1.82. The lowest BCUT2D eigenvalue weighted by molar-refractivity contribution is 0.331. The van der Waals surface area contributed by atoms with Crippen LogP contribution in [0.2, 0.25) is 0 Å². The molecule has 1 heteroatoms. The van der Waals surface area contributed by atoms with Crippen molar-refractivity contribution in [1.82, 2.24) is 0 Å². The number of rotatable bonds is 0. The fraction of sp³-hybridized carbons (Fsp3) is 0.500. The van der Waals surface area contributed by atoms with Crippen LogP contribution in [0.15, 0.2) is 24.3 Å². The third-order valence-electron chi connectivity index (χ3n) is 2.28. The second-order valence-corrected chi connectivity index (χ2v) is 4.29. The van der Waals surface area contributed by atoms with Crippen LogP contribution in [-0.4, -0.2) is 4.32 Å². The molecule has 0 aromatic carbocycles. The van der Waals surface area contributed by atoms with Crippen LogP contribution in [0.1, 0.15) is 12.8 Å². The van der Waals surface area contributed by atoms with E-state index in [2.05, 4.69) is 40.2 Å². The average molecular weight is 185 g/mol. The van der Waals surface area contributed by atoms with Gasteiger partial charge in [-0.1, -0.05) is 40.2 Å². The van der Waals surface area contributed by atoms with Gasteiger partial charge in [-0.2, -0.15) is 0 Å². The summed E-state index contributed by atoms with van der Waals surface area (Å²) in [6, 6.07) is 0. The molecule has 2 aliphatic carbocycles. The molecule has 0 saturated heterocycles. The van der Waals surface area contributed by atoms with E-state index in [1.165, 1.54) is 12.8 Å². The molecule has 9 heavy (non-hydrogen) atoms. The van der Waals surface area contributed by atoms with E-state index in [4.69, 9.17) is 0 Å². The first kappa shape index (κ1) is 5.72. The minimum absolute atomic E-state index is 0.363. The third kappa shape index (κ3) is 0.710. The number of allylic oxidation sites excluding steroid dienone is 4. The molecule has 0 aromatic heterocycles. The molecule has 2 aliphatic rings. The van der Waals surface area contributed by atoms with Gasteiger partial charge in [0.1, 0.15) is 0 Å². The van der Waals surface area contributed by atoms with Crippen LogP contribution < -0.4 is 0 Å². The van der Waals surface area contributed by atoms with Crippen LogP contribution in [0, 0.1) is 5.92 Å². The second-order valence-electron chi connectivity index (χ2n) is 2.82. The molecule has 0 aromatic rings. The summed E-state index contributed by atoms with van der Waals surface area (Å²) in [7, 11) is 0. The Labute approximate surface area is 63.8 Å². The van der Waals surface area contributed by atoms with Crippen molar-refractivity contribution in [2.75, 3.05) is 0 Å². The maximum Gasteiger partial charge on any atom is 0.0502 e. The molecule has 2 unspecified atom stereocenters. The highest BCUT2D eigenvalue weighted by atomic mass is 79.9. The van der Waals surface area contributed by atoms with Crippen molar-refractivity contribution in [3.05, 3.63) is 24.3 Å². The van der Waals surface area contributed by atoms with Crippen molar-refractivity contribution in [3.8, 4) is 0 Å². The zero-order valence-corrected chi connectivity index (χ0v) is 6.76. The van der Waals surface area contributed by atoms with Gasteiger partial charge in [0.05, 0.1) is 4.32 Å². The summed E-state index contributed by atoms with van der Waals surface area (Å²) in [6.45, 7) is 0. The Kier molecular flexibility index (Phi) is 1.10. The summed E-state index contributed by atoms with van der Waals surface area (Å²) in [4.78, 5) is 0. The molecule has 0 aliphatic heterocycles. The van der Waals surface area contributed by atoms with E-state index in [1.807, 2.05) is 0 Å². The van der Waals surface area contributed by atoms with Gasteiger partial charge in [-0.25, -0.2) is 0 Å². The van der Waals surface area contributed by atoms with E-state index < -0.39 is 0 Å². The number of fused-ring (bicyclic) bond motifs is 1. The van der Waals surface area contributed by atoms with Crippen LogP contribution in [0.3, 0.4) is 0 Å². The van der Waals surface area contributed by atoms with Crippen LogP contribution in [0.4, 0.5) is 0 Å². The summed E-state index contributed by atoms with van der Waals surface area (Å²) in [5, 5.41) is 0. The first-order valence-electron chi connectivity index (χ1n) is 3.36. The molecule has 0 amide bonds. The van der Waals surface area contributed by atoms with Gasteiger partial charge in [0.15, 0.2) is 0 Å². The fourth-order valence-electron chi connectivity index (χ4n) is 1.46. The first-order chi connectivity index (χ1) is 4.31. The first-order valence-corrected chi connectivity index (χ1v) is 4.15. The Hall–Kier alpha value is -0.0400. The topological polar surface area (TPSA) is 0 Å². The highest BCUT2D eigenvalue weighted by Crippen LogP contribution is 2.49. The smallest absolute Gasteiger partial charge is 0.0502 e. The highest BCUT2D eigenvalue weighted by Gasteiger charge is 2.41. The molecule has 0 spiro atoms. The molecule has 0 radical (unpaired) electrons. The number of halogens is 1. The lowest BCUT2D eigenvalue weighted by Crippen LogP contribution is -2.39. The lowest BCUT2D eigenvalue weighted by Gasteiger charge is -2.43. The van der Waals surface area contributed by atoms with Gasteiger partial charge >= 0.3 is 0 Å². The van der Waals surface area contributed by atoms with Crippen LogP contribution in [0.25, 0.3) is 0 Å². The zero-order chi connectivity index (χ0) is 6.32. The number of hydrogen-bond acceptors (Lipinski definition) is 0. The second kappa shape index (κ2) is 1.72. The van der Waals surface area contributed by atoms with Gasteiger partial charge in [0, 0.05) is 0 Å². The highest BCUT2D eigenvalue weighted by molar-refractivity contribution is 9.10. The fourth-order valence-corrected chi connectivity index (χ4v) is 2.23. The zero-order valence-electron chi connectivity index (χ0n) is 5.18. The molecule has 0 bridgehead atoms. The van der Waals surface area contributed by atoms with Crippen molar-refractivity contribution in [2.45, 2.75) is 17.2 Å². The van der Waals surface area contributed by atoms with E-state index in [1.54, 1.807) is 0 Å². The summed E-state index contributed by atoms with van der Waals surface area (Å²) < 4.78 is 0.363. The van der Waals surface area contributed by atoms with Gasteiger partial charge in [-0.3, -0.25) is 0 Å². The molecular weight excluding hydrogens is 176 g/mol. The number of hydrogen-bond donors (Lipinski definition) is 0. The SMILES string of the molecule is BrC12C=CC=CC1CC2. The summed E-state index contributed by atoms with van der Waals surface area (Å²) >= 11 is 3.71. The standard InChI is InChI=1S/C8H9Br/c9-8-5-2-1-3-7(8)4-6-8/h1-3,5,7H,4,6H2. The normalized spacial score (nSPS) is 46.1. The largest absolute Gasteiger partial charge is 0.0801 e. The predicted octanol–water partition coefficient (Wildman–Crippen LogP) is 2.66. The quantitative estimate of drug-likeness (QED) is 0.509. The lowest BCUT2D eigenvalue weighted by atomic mass is 9.71. The van der Waals surface area contributed by atoms with Crippen molar-refractivity contribution in [2.24, 2.45) is 5.92 Å². The molecule has 48 valence electrons. The minimum Gasteiger partial charge on any atom is -0.0801 e. The van der Waals surface area contributed by atoms with E-state index >= 15 is 0 Å². The summed E-state index contributed by atoms with van der Waals surface area (Å²) in [5.74, 6) is 0.780. The molecule has 2 rings (SSSR count). The van der Waals surface area contributed by atoms with Crippen molar-refractivity contribution < 1.29 is 0 Å². The Bertz CT molecular complexity index is 181. The van der Waals surface area contributed by atoms with E-state index in [9.17, 15) is 0 Å². The maximum atomic E-state index is 3.71. The Balaban J connectivity index is 2.27. The van der Waals surface area contributed by atoms with Crippen molar-refractivity contribution in [3.63, 3.8) is 0 Å². The van der Waals surface area contributed by atoms with Crippen LogP contribution in [-0.2, 0) is 0 Å². The van der Waals surface area contributed by atoms with Crippen molar-refractivity contribution in [1.29, 1.82) is 0 Å². The molecule has 0 N–H and O–H groups in total. The van der Waals surface area contributed by atoms with Crippen LogP contribution >= 0.6 is 15.9 Å². The molecular formula is C8H9Br. The molecule has 0 heterocycles. The monoisotopic (exact) mass is 184 g/mol. The van der Waals surface area contributed by atoms with Gasteiger partial charge in [0.2, 0.25) is 0 Å². The molecule has 1 fully saturated rings. The predicted molar refractivity (Wildman–Crippen MR) is 42.7 cm³/mol. The number of alkyl halides is 1. The van der Waals surface area contributed by atoms with Gasteiger partial charge in [-0.05, 0) is 18.8 Å². The third-order valence-corrected chi connectivity index (χ3v) is 3.53. The minimum atomic E-state index is 0.363. The van der Waals surface area contributed by atoms with Gasteiger partial charge in [0.25, 0.3) is 0 Å². The van der Waals surface area contributed by atoms with Gasteiger partial charge < -0.3 is 0 Å². The summed E-state index contributed by atoms with van der Waals surface area (Å²) in [6.07, 6.45) is 11.5. The molecule has 0 nitrogen and oxygen atoms in total. The molecule has 2 atom stereocenters. The van der Waals surface area contributed by atoms with Gasteiger partial charge in [-0.15, -0.1) is 0 Å². The van der Waals surface area contributed by atoms with E-state index in [0.29, 0.717) is 4.32 Å². The summed E-state index contributed by atoms with van der Waals surface area (Å²) in [5.41, 5.74) is 0. The molecule has 1 saturated carbocycles. The van der Waals surface area contributed by atoms with E-state index in [-0.39, 0.29) is 0 Å².